The van der Waals surface area contributed by atoms with Gasteiger partial charge in [-0.25, -0.2) is 9.18 Å². The molecule has 0 saturated carbocycles. The van der Waals surface area contributed by atoms with Crippen molar-refractivity contribution in [2.24, 2.45) is 23.7 Å². The zero-order chi connectivity index (χ0) is 36.7. The molecule has 0 unspecified atom stereocenters. The number of aliphatic hydroxyl groups is 1. The molecule has 0 radical (unpaired) electrons. The first kappa shape index (κ1) is 41.5. The van der Waals surface area contributed by atoms with E-state index < -0.39 is 29.8 Å². The van der Waals surface area contributed by atoms with Crippen LogP contribution < -0.4 is 20.7 Å². The molecule has 0 aliphatic carbocycles. The van der Waals surface area contributed by atoms with E-state index in [1.807, 2.05) is 52.8 Å². The highest BCUT2D eigenvalue weighted by Crippen LogP contribution is 2.30. The number of aliphatic hydroxyl groups excluding tert-OH is 1. The molecule has 49 heavy (non-hydrogen) atoms. The minimum atomic E-state index is -1.12. The third-order valence-corrected chi connectivity index (χ3v) is 8.29. The highest BCUT2D eigenvalue weighted by molar-refractivity contribution is 5.92. The lowest BCUT2D eigenvalue weighted by molar-refractivity contribution is -0.127. The number of anilines is 1. The lowest BCUT2D eigenvalue weighted by atomic mass is 9.81. The van der Waals surface area contributed by atoms with Crippen LogP contribution in [-0.2, 0) is 25.6 Å². The summed E-state index contributed by atoms with van der Waals surface area (Å²) < 4.78 is 29.9. The van der Waals surface area contributed by atoms with Gasteiger partial charge >= 0.3 is 6.09 Å². The molecule has 274 valence electrons. The summed E-state index contributed by atoms with van der Waals surface area (Å²) in [5.74, 6) is -1.21. The maximum atomic E-state index is 13.5. The Kier molecular flexibility index (Phi) is 17.0. The summed E-state index contributed by atoms with van der Waals surface area (Å²) in [5.41, 5.74) is 1.51. The number of hydrogen-bond acceptors (Lipinski definition) is 7. The molecule has 0 saturated heterocycles. The highest BCUT2D eigenvalue weighted by atomic mass is 19.1. The van der Waals surface area contributed by atoms with Gasteiger partial charge in [-0.2, -0.15) is 0 Å². The van der Waals surface area contributed by atoms with Crippen LogP contribution >= 0.6 is 0 Å². The predicted molar refractivity (Wildman–Crippen MR) is 190 cm³/mol. The lowest BCUT2D eigenvalue weighted by Gasteiger charge is -2.33. The second kappa shape index (κ2) is 20.1. The number of ether oxygens (including phenoxy) is 3. The van der Waals surface area contributed by atoms with Crippen molar-refractivity contribution in [1.29, 1.82) is 0 Å². The number of nitrogens with one attached hydrogen (secondary N) is 3. The fourth-order valence-electron chi connectivity index (χ4n) is 5.41. The Morgan fingerprint density at radius 2 is 1.61 bits per heavy atom. The molecule has 2 rings (SSSR count). The fourth-order valence-corrected chi connectivity index (χ4v) is 5.41. The van der Waals surface area contributed by atoms with Crippen LogP contribution in [0.5, 0.6) is 5.75 Å². The summed E-state index contributed by atoms with van der Waals surface area (Å²) in [6, 6.07) is 10.7. The van der Waals surface area contributed by atoms with Crippen molar-refractivity contribution in [1.82, 2.24) is 10.6 Å². The van der Waals surface area contributed by atoms with Gasteiger partial charge in [-0.15, -0.1) is 0 Å². The van der Waals surface area contributed by atoms with Crippen LogP contribution in [0.15, 0.2) is 42.5 Å². The van der Waals surface area contributed by atoms with Gasteiger partial charge in [0.25, 0.3) is 0 Å². The van der Waals surface area contributed by atoms with E-state index in [1.54, 1.807) is 40.0 Å². The number of halogens is 1. The summed E-state index contributed by atoms with van der Waals surface area (Å²) in [4.78, 5) is 39.7. The molecule has 4 N–H and O–H groups in total. The normalized spacial score (nSPS) is 14.1. The molecule has 2 aromatic carbocycles. The third kappa shape index (κ3) is 15.6. The van der Waals surface area contributed by atoms with Crippen molar-refractivity contribution in [3.05, 3.63) is 59.4 Å². The van der Waals surface area contributed by atoms with Gasteiger partial charge in [0, 0.05) is 39.0 Å². The van der Waals surface area contributed by atoms with Gasteiger partial charge in [0.2, 0.25) is 11.8 Å². The Hall–Kier alpha value is -3.70. The van der Waals surface area contributed by atoms with Gasteiger partial charge in [-0.3, -0.25) is 9.59 Å². The number of hydrogen-bond donors (Lipinski definition) is 4. The van der Waals surface area contributed by atoms with E-state index in [1.165, 1.54) is 12.1 Å². The van der Waals surface area contributed by atoms with Crippen molar-refractivity contribution in [2.75, 3.05) is 25.6 Å². The summed E-state index contributed by atoms with van der Waals surface area (Å²) in [7, 11) is 1.63. The predicted octanol–water partition coefficient (Wildman–Crippen LogP) is 6.77. The van der Waals surface area contributed by atoms with E-state index >= 15 is 0 Å². The summed E-state index contributed by atoms with van der Waals surface area (Å²) in [6.45, 7) is 16.2. The standard InChI is InChI=1S/C38H58FN3O7/c1-24(2)28(21-35(44)41-32-19-26(5)11-16-34(32)48-18-10-17-47-9)20-31(42-37(46)49-38(6,7)8)33(43)22-30(25(3)4)36(45)40-23-27-12-14-29(39)15-13-27/h11-16,19,24-25,28,30-31,33,43H,10,17-18,20-23H2,1-9H3,(H,40,45)(H,41,44)(H,42,46)/t28-,30+,31+,33+/m1/s1. The number of rotatable bonds is 19. The Bertz CT molecular complexity index is 1330. The first-order chi connectivity index (χ1) is 23.0. The van der Waals surface area contributed by atoms with Gasteiger partial charge in [0.1, 0.15) is 17.2 Å². The maximum absolute atomic E-state index is 13.5. The average Bonchev–Trinajstić information content (AvgIpc) is 3.00. The Morgan fingerprint density at radius 1 is 0.939 bits per heavy atom. The van der Waals surface area contributed by atoms with E-state index in [9.17, 15) is 23.9 Å². The molecule has 0 aromatic heterocycles. The average molecular weight is 688 g/mol. The molecular formula is C38H58FN3O7. The quantitative estimate of drug-likeness (QED) is 0.120. The molecule has 10 nitrogen and oxygen atoms in total. The molecule has 2 aromatic rings. The van der Waals surface area contributed by atoms with E-state index in [4.69, 9.17) is 14.2 Å². The van der Waals surface area contributed by atoms with Crippen LogP contribution in [0.2, 0.25) is 0 Å². The Morgan fingerprint density at radius 3 is 2.20 bits per heavy atom. The number of methoxy groups -OCH3 is 1. The van der Waals surface area contributed by atoms with Crippen molar-refractivity contribution < 1.29 is 38.1 Å². The fraction of sp³-hybridized carbons (Fsp3) is 0.605. The Balaban J connectivity index is 2.22. The van der Waals surface area contributed by atoms with Gasteiger partial charge < -0.3 is 35.3 Å². The number of benzene rings is 2. The molecule has 0 aliphatic heterocycles. The number of amides is 3. The molecule has 11 heteroatoms. The number of carbonyl (C=O) groups excluding carboxylic acids is 3. The number of carbonyl (C=O) groups is 3. The van der Waals surface area contributed by atoms with Crippen molar-refractivity contribution in [3.63, 3.8) is 0 Å². The first-order valence-corrected chi connectivity index (χ1v) is 17.2. The van der Waals surface area contributed by atoms with Crippen LogP contribution in [0.1, 0.15) is 85.3 Å². The van der Waals surface area contributed by atoms with Gasteiger partial charge in [0.15, 0.2) is 0 Å². The first-order valence-electron chi connectivity index (χ1n) is 17.2. The molecule has 0 spiro atoms. The molecule has 0 fully saturated rings. The minimum Gasteiger partial charge on any atom is -0.491 e. The van der Waals surface area contributed by atoms with Crippen LogP contribution in [-0.4, -0.2) is 61.1 Å². The van der Waals surface area contributed by atoms with E-state index in [0.717, 1.165) is 11.1 Å². The van der Waals surface area contributed by atoms with Crippen molar-refractivity contribution in [2.45, 2.75) is 105 Å². The van der Waals surface area contributed by atoms with Gasteiger partial charge in [-0.05, 0) is 93.7 Å². The molecule has 4 atom stereocenters. The maximum Gasteiger partial charge on any atom is 0.407 e. The zero-order valence-electron chi connectivity index (χ0n) is 30.7. The van der Waals surface area contributed by atoms with Crippen LogP contribution in [0.4, 0.5) is 14.9 Å². The largest absolute Gasteiger partial charge is 0.491 e. The highest BCUT2D eigenvalue weighted by Gasteiger charge is 2.34. The second-order valence-electron chi connectivity index (χ2n) is 14.4. The number of aryl methyl sites for hydroxylation is 1. The van der Waals surface area contributed by atoms with Gasteiger partial charge in [-0.1, -0.05) is 45.9 Å². The summed E-state index contributed by atoms with van der Waals surface area (Å²) in [5, 5.41) is 20.3. The van der Waals surface area contributed by atoms with Crippen molar-refractivity contribution in [3.8, 4) is 5.75 Å². The zero-order valence-corrected chi connectivity index (χ0v) is 30.7. The third-order valence-electron chi connectivity index (χ3n) is 8.29. The van der Waals surface area contributed by atoms with Crippen molar-refractivity contribution >= 4 is 23.6 Å². The van der Waals surface area contributed by atoms with Crippen LogP contribution in [0, 0.1) is 36.4 Å². The molecule has 3 amide bonds. The number of alkyl carbamates (subject to hydrolysis) is 1. The minimum absolute atomic E-state index is 0.0167. The van der Waals surface area contributed by atoms with Crippen LogP contribution in [0.25, 0.3) is 0 Å². The van der Waals surface area contributed by atoms with E-state index in [2.05, 4.69) is 16.0 Å². The summed E-state index contributed by atoms with van der Waals surface area (Å²) in [6.07, 6.45) is -0.654. The van der Waals surface area contributed by atoms with E-state index in [0.29, 0.717) is 31.1 Å². The Labute approximate surface area is 291 Å². The summed E-state index contributed by atoms with van der Waals surface area (Å²) >= 11 is 0. The monoisotopic (exact) mass is 687 g/mol. The SMILES string of the molecule is COCCCOc1ccc(C)cc1NC(=O)C[C@@H](C[C@H](NC(=O)OC(C)(C)C)[C@@H](O)C[C@H](C(=O)NCc1ccc(F)cc1)C(C)C)C(C)C. The topological polar surface area (TPSA) is 135 Å². The second-order valence-corrected chi connectivity index (χ2v) is 14.4. The van der Waals surface area contributed by atoms with Crippen LogP contribution in [0.3, 0.4) is 0 Å². The molecular weight excluding hydrogens is 629 g/mol. The molecule has 0 bridgehead atoms. The molecule has 0 heterocycles. The molecule has 0 aliphatic rings. The van der Waals surface area contributed by atoms with E-state index in [-0.39, 0.29) is 61.2 Å². The van der Waals surface area contributed by atoms with Gasteiger partial charge in [0.05, 0.1) is 24.4 Å². The lowest BCUT2D eigenvalue weighted by Crippen LogP contribution is -2.48. The smallest absolute Gasteiger partial charge is 0.407 e.